The first kappa shape index (κ1) is 12.6. The Bertz CT molecular complexity index is 314. The minimum absolute atomic E-state index is 0.508. The van der Waals surface area contributed by atoms with Gasteiger partial charge in [-0.25, -0.2) is 0 Å². The van der Waals surface area contributed by atoms with Gasteiger partial charge in [-0.3, -0.25) is 4.68 Å². The molecule has 86 valence electrons. The van der Waals surface area contributed by atoms with Crippen LogP contribution in [-0.4, -0.2) is 39.8 Å². The molecule has 2 unspecified atom stereocenters. The molecule has 0 bridgehead atoms. The van der Waals surface area contributed by atoms with Crippen molar-refractivity contribution in [2.75, 3.05) is 13.7 Å². The lowest BCUT2D eigenvalue weighted by Gasteiger charge is -2.16. The van der Waals surface area contributed by atoms with Gasteiger partial charge in [0.05, 0.1) is 35.6 Å². The molecular formula is C9H15BrN2O3. The third-order valence-electron chi connectivity index (χ3n) is 2.08. The molecule has 0 saturated carbocycles. The summed E-state index contributed by atoms with van der Waals surface area (Å²) in [5, 5.41) is 23.2. The highest BCUT2D eigenvalue weighted by Gasteiger charge is 2.21. The van der Waals surface area contributed by atoms with E-state index in [2.05, 4.69) is 21.0 Å². The molecule has 1 aromatic rings. The number of hydrogen-bond acceptors (Lipinski definition) is 4. The number of aliphatic hydroxyl groups excluding tert-OH is 2. The molecule has 15 heavy (non-hydrogen) atoms. The zero-order valence-electron chi connectivity index (χ0n) is 8.72. The molecule has 1 heterocycles. The smallest absolute Gasteiger partial charge is 0.122 e. The second-order valence-corrected chi connectivity index (χ2v) is 4.13. The summed E-state index contributed by atoms with van der Waals surface area (Å²) in [5.41, 5.74) is 0.571. The number of methoxy groups -OCH3 is 1. The molecule has 0 radical (unpaired) electrons. The first-order chi connectivity index (χ1) is 7.07. The van der Waals surface area contributed by atoms with Crippen LogP contribution in [-0.2, 0) is 11.3 Å². The lowest BCUT2D eigenvalue weighted by atomic mass is 10.1. The molecule has 0 fully saturated rings. The maximum atomic E-state index is 9.77. The van der Waals surface area contributed by atoms with Gasteiger partial charge in [0.25, 0.3) is 0 Å². The molecule has 0 aliphatic heterocycles. The molecule has 0 saturated heterocycles. The molecule has 0 aliphatic carbocycles. The molecule has 1 aromatic heterocycles. The molecule has 6 heteroatoms. The highest BCUT2D eigenvalue weighted by molar-refractivity contribution is 9.10. The van der Waals surface area contributed by atoms with Crippen LogP contribution in [0.25, 0.3) is 0 Å². The number of nitrogens with zero attached hydrogens (tertiary/aromatic N) is 2. The zero-order chi connectivity index (χ0) is 11.4. The van der Waals surface area contributed by atoms with Crippen LogP contribution in [0.3, 0.4) is 0 Å². The first-order valence-corrected chi connectivity index (χ1v) is 5.43. The van der Waals surface area contributed by atoms with E-state index in [9.17, 15) is 10.2 Å². The maximum Gasteiger partial charge on any atom is 0.122 e. The van der Waals surface area contributed by atoms with Crippen molar-refractivity contribution in [2.24, 2.45) is 0 Å². The summed E-state index contributed by atoms with van der Waals surface area (Å²) in [6.07, 6.45) is -0.186. The van der Waals surface area contributed by atoms with E-state index < -0.39 is 12.2 Å². The van der Waals surface area contributed by atoms with Crippen molar-refractivity contribution in [1.29, 1.82) is 0 Å². The van der Waals surface area contributed by atoms with Crippen LogP contribution in [0.15, 0.2) is 10.7 Å². The van der Waals surface area contributed by atoms with Crippen molar-refractivity contribution in [3.63, 3.8) is 0 Å². The average Bonchev–Trinajstić information content (AvgIpc) is 2.55. The lowest BCUT2D eigenvalue weighted by molar-refractivity contribution is 0.0235. The molecule has 0 aromatic carbocycles. The minimum atomic E-state index is -0.946. The van der Waals surface area contributed by atoms with E-state index in [0.717, 1.165) is 0 Å². The van der Waals surface area contributed by atoms with Crippen LogP contribution in [0.5, 0.6) is 0 Å². The van der Waals surface area contributed by atoms with Gasteiger partial charge >= 0.3 is 0 Å². The monoisotopic (exact) mass is 278 g/mol. The van der Waals surface area contributed by atoms with Crippen molar-refractivity contribution in [1.82, 2.24) is 9.78 Å². The van der Waals surface area contributed by atoms with Gasteiger partial charge < -0.3 is 14.9 Å². The van der Waals surface area contributed by atoms with E-state index in [4.69, 9.17) is 4.74 Å². The van der Waals surface area contributed by atoms with Crippen LogP contribution >= 0.6 is 15.9 Å². The summed E-state index contributed by atoms with van der Waals surface area (Å²) in [5.74, 6) is 0. The van der Waals surface area contributed by atoms with E-state index in [-0.39, 0.29) is 0 Å². The Balaban J connectivity index is 2.88. The third-order valence-corrected chi connectivity index (χ3v) is 2.69. The Labute approximate surface area is 96.8 Å². The summed E-state index contributed by atoms with van der Waals surface area (Å²) in [6, 6.07) is 0. The molecule has 5 nitrogen and oxygen atoms in total. The van der Waals surface area contributed by atoms with Crippen LogP contribution < -0.4 is 0 Å². The standard InChI is InChI=1S/C9H15BrN2O3/c1-6(13)9(14)8-7(10)5-11-12(8)3-4-15-2/h5-6,9,13-14H,3-4H2,1-2H3. The van der Waals surface area contributed by atoms with Gasteiger partial charge in [-0.1, -0.05) is 0 Å². The summed E-state index contributed by atoms with van der Waals surface area (Å²) < 4.78 is 7.23. The van der Waals surface area contributed by atoms with Gasteiger partial charge in [-0.15, -0.1) is 0 Å². The van der Waals surface area contributed by atoms with E-state index in [1.807, 2.05) is 0 Å². The molecule has 1 rings (SSSR count). The van der Waals surface area contributed by atoms with Crippen LogP contribution in [0, 0.1) is 0 Å². The molecule has 2 atom stereocenters. The van der Waals surface area contributed by atoms with E-state index in [1.54, 1.807) is 18.0 Å². The Hall–Kier alpha value is -0.430. The average molecular weight is 279 g/mol. The Morgan fingerprint density at radius 3 is 2.80 bits per heavy atom. The lowest BCUT2D eigenvalue weighted by Crippen LogP contribution is -2.20. The summed E-state index contributed by atoms with van der Waals surface area (Å²) in [6.45, 7) is 2.58. The van der Waals surface area contributed by atoms with Crippen LogP contribution in [0.2, 0.25) is 0 Å². The second-order valence-electron chi connectivity index (χ2n) is 3.28. The number of ether oxygens (including phenoxy) is 1. The largest absolute Gasteiger partial charge is 0.390 e. The number of aliphatic hydroxyl groups is 2. The highest BCUT2D eigenvalue weighted by atomic mass is 79.9. The highest BCUT2D eigenvalue weighted by Crippen LogP contribution is 2.25. The van der Waals surface area contributed by atoms with Crippen molar-refractivity contribution in [3.05, 3.63) is 16.4 Å². The fourth-order valence-corrected chi connectivity index (χ4v) is 1.78. The maximum absolute atomic E-state index is 9.77. The van der Waals surface area contributed by atoms with Gasteiger partial charge in [0.2, 0.25) is 0 Å². The topological polar surface area (TPSA) is 67.5 Å². The molecule has 2 N–H and O–H groups in total. The number of aromatic nitrogens is 2. The number of halogens is 1. The van der Waals surface area contributed by atoms with Crippen molar-refractivity contribution >= 4 is 15.9 Å². The van der Waals surface area contributed by atoms with Gasteiger partial charge in [-0.2, -0.15) is 5.10 Å². The Kier molecular flexibility index (Phi) is 4.72. The van der Waals surface area contributed by atoms with Crippen molar-refractivity contribution in [3.8, 4) is 0 Å². The fourth-order valence-electron chi connectivity index (χ4n) is 1.25. The molecule has 0 aliphatic rings. The van der Waals surface area contributed by atoms with E-state index >= 15 is 0 Å². The van der Waals surface area contributed by atoms with Gasteiger partial charge in [0.1, 0.15) is 6.10 Å². The summed E-state index contributed by atoms with van der Waals surface area (Å²) >= 11 is 3.28. The first-order valence-electron chi connectivity index (χ1n) is 4.64. The predicted octanol–water partition coefficient (Wildman–Crippen LogP) is 0.706. The molecule has 0 spiro atoms. The normalized spacial score (nSPS) is 15.3. The van der Waals surface area contributed by atoms with Gasteiger partial charge in [0, 0.05) is 7.11 Å². The molecule has 0 amide bonds. The zero-order valence-corrected chi connectivity index (χ0v) is 10.3. The predicted molar refractivity (Wildman–Crippen MR) is 58.4 cm³/mol. The Morgan fingerprint density at radius 1 is 1.60 bits per heavy atom. The summed E-state index contributed by atoms with van der Waals surface area (Å²) in [4.78, 5) is 0. The van der Waals surface area contributed by atoms with Crippen LogP contribution in [0.1, 0.15) is 18.7 Å². The van der Waals surface area contributed by atoms with Gasteiger partial charge in [-0.05, 0) is 22.9 Å². The molecular weight excluding hydrogens is 264 g/mol. The quantitative estimate of drug-likeness (QED) is 0.833. The minimum Gasteiger partial charge on any atom is -0.390 e. The SMILES string of the molecule is COCCn1ncc(Br)c1C(O)C(C)O. The van der Waals surface area contributed by atoms with Crippen LogP contribution in [0.4, 0.5) is 0 Å². The van der Waals surface area contributed by atoms with Crippen molar-refractivity contribution in [2.45, 2.75) is 25.7 Å². The Morgan fingerprint density at radius 2 is 2.27 bits per heavy atom. The number of hydrogen-bond donors (Lipinski definition) is 2. The third kappa shape index (κ3) is 3.01. The van der Waals surface area contributed by atoms with E-state index in [0.29, 0.717) is 23.3 Å². The fraction of sp³-hybridized carbons (Fsp3) is 0.667. The van der Waals surface area contributed by atoms with E-state index in [1.165, 1.54) is 6.92 Å². The number of rotatable bonds is 5. The van der Waals surface area contributed by atoms with Gasteiger partial charge in [0.15, 0.2) is 0 Å². The van der Waals surface area contributed by atoms with Crippen molar-refractivity contribution < 1.29 is 14.9 Å². The summed E-state index contributed by atoms with van der Waals surface area (Å²) in [7, 11) is 1.60. The second kappa shape index (κ2) is 5.60.